The fourth-order valence-electron chi connectivity index (χ4n) is 2.40. The zero-order valence-corrected chi connectivity index (χ0v) is 12.5. The van der Waals surface area contributed by atoms with Crippen molar-refractivity contribution in [2.24, 2.45) is 0 Å². The Hall–Kier alpha value is -2.68. The molecular weight excluding hydrogens is 325 g/mol. The Labute approximate surface area is 133 Å². The van der Waals surface area contributed by atoms with E-state index in [1.807, 2.05) is 0 Å². The summed E-state index contributed by atoms with van der Waals surface area (Å²) in [5.41, 5.74) is -2.78. The zero-order valence-electron chi connectivity index (χ0n) is 12.5. The number of benzene rings is 1. The van der Waals surface area contributed by atoms with Crippen LogP contribution >= 0.6 is 0 Å². The normalized spacial score (nSPS) is 14.7. The number of rotatable bonds is 3. The van der Waals surface area contributed by atoms with Gasteiger partial charge in [0.25, 0.3) is 5.56 Å². The SMILES string of the molecule is CC(O)(Cn1ncn2nccc2c1=O)c1cccc(C(F)(F)F)c1. The minimum Gasteiger partial charge on any atom is -0.384 e. The summed E-state index contributed by atoms with van der Waals surface area (Å²) in [7, 11) is 0. The lowest BCUT2D eigenvalue weighted by Gasteiger charge is -2.25. The van der Waals surface area contributed by atoms with Crippen LogP contribution in [0.4, 0.5) is 13.2 Å². The van der Waals surface area contributed by atoms with E-state index in [9.17, 15) is 23.1 Å². The second kappa shape index (κ2) is 5.45. The molecule has 0 amide bonds. The lowest BCUT2D eigenvalue weighted by atomic mass is 9.94. The molecule has 9 heteroatoms. The first-order valence-corrected chi connectivity index (χ1v) is 6.98. The molecule has 2 heterocycles. The Morgan fingerprint density at radius 1 is 1.17 bits per heavy atom. The van der Waals surface area contributed by atoms with Gasteiger partial charge in [0.1, 0.15) is 17.4 Å². The molecule has 0 fully saturated rings. The van der Waals surface area contributed by atoms with Crippen LogP contribution in [0.5, 0.6) is 0 Å². The standard InChI is InChI=1S/C15H13F3N4O2/c1-14(24,10-3-2-4-11(7-10)15(16,17)18)8-21-13(23)12-5-6-19-22(12)9-20-21/h2-7,9,24H,8H2,1H3. The first-order valence-electron chi connectivity index (χ1n) is 6.98. The number of alkyl halides is 3. The highest BCUT2D eigenvalue weighted by atomic mass is 19.4. The van der Waals surface area contributed by atoms with Gasteiger partial charge in [0.15, 0.2) is 0 Å². The average molecular weight is 338 g/mol. The Bertz CT molecular complexity index is 944. The van der Waals surface area contributed by atoms with Crippen LogP contribution in [0.25, 0.3) is 5.52 Å². The highest BCUT2D eigenvalue weighted by Gasteiger charge is 2.33. The second-order valence-corrected chi connectivity index (χ2v) is 5.61. The number of nitrogens with zero attached hydrogens (tertiary/aromatic N) is 4. The molecule has 24 heavy (non-hydrogen) atoms. The third-order valence-corrected chi connectivity index (χ3v) is 3.69. The fourth-order valence-corrected chi connectivity index (χ4v) is 2.40. The van der Waals surface area contributed by atoms with Gasteiger partial charge in [0.05, 0.1) is 18.3 Å². The quantitative estimate of drug-likeness (QED) is 0.791. The molecule has 1 atom stereocenters. The summed E-state index contributed by atoms with van der Waals surface area (Å²) in [6.45, 7) is 1.03. The Morgan fingerprint density at radius 3 is 2.58 bits per heavy atom. The van der Waals surface area contributed by atoms with E-state index >= 15 is 0 Å². The summed E-state index contributed by atoms with van der Waals surface area (Å²) in [5.74, 6) is 0. The molecule has 1 unspecified atom stereocenters. The van der Waals surface area contributed by atoms with E-state index in [1.165, 1.54) is 42.2 Å². The monoisotopic (exact) mass is 338 g/mol. The van der Waals surface area contributed by atoms with Crippen molar-refractivity contribution in [3.8, 4) is 0 Å². The third kappa shape index (κ3) is 2.90. The van der Waals surface area contributed by atoms with Gasteiger partial charge in [-0.25, -0.2) is 9.20 Å². The molecule has 0 spiro atoms. The smallest absolute Gasteiger partial charge is 0.384 e. The maximum Gasteiger partial charge on any atom is 0.416 e. The fraction of sp³-hybridized carbons (Fsp3) is 0.267. The van der Waals surface area contributed by atoms with Gasteiger partial charge in [-0.2, -0.15) is 23.4 Å². The van der Waals surface area contributed by atoms with Crippen molar-refractivity contribution in [1.82, 2.24) is 19.4 Å². The molecule has 0 aliphatic carbocycles. The summed E-state index contributed by atoms with van der Waals surface area (Å²) in [6, 6.07) is 5.85. The minimum absolute atomic E-state index is 0.0411. The molecule has 3 rings (SSSR count). The predicted molar refractivity (Wildman–Crippen MR) is 78.3 cm³/mol. The largest absolute Gasteiger partial charge is 0.416 e. The summed E-state index contributed by atoms with van der Waals surface area (Å²) in [5, 5.41) is 18.3. The van der Waals surface area contributed by atoms with Crippen molar-refractivity contribution in [3.63, 3.8) is 0 Å². The van der Waals surface area contributed by atoms with E-state index in [4.69, 9.17) is 0 Å². The van der Waals surface area contributed by atoms with Crippen LogP contribution in [-0.4, -0.2) is 24.5 Å². The van der Waals surface area contributed by atoms with Gasteiger partial charge in [0.2, 0.25) is 0 Å². The molecule has 0 radical (unpaired) electrons. The molecule has 0 aliphatic rings. The minimum atomic E-state index is -4.52. The maximum atomic E-state index is 12.8. The van der Waals surface area contributed by atoms with E-state index < -0.39 is 22.9 Å². The number of aliphatic hydroxyl groups is 1. The summed E-state index contributed by atoms with van der Waals surface area (Å²) < 4.78 is 40.8. The molecule has 3 aromatic rings. The van der Waals surface area contributed by atoms with Crippen molar-refractivity contribution in [1.29, 1.82) is 0 Å². The Morgan fingerprint density at radius 2 is 1.88 bits per heavy atom. The number of hydrogen-bond donors (Lipinski definition) is 1. The van der Waals surface area contributed by atoms with Gasteiger partial charge in [0, 0.05) is 0 Å². The molecule has 0 aliphatic heterocycles. The highest BCUT2D eigenvalue weighted by Crippen LogP contribution is 2.32. The van der Waals surface area contributed by atoms with E-state index in [0.29, 0.717) is 0 Å². The number of aromatic nitrogens is 4. The van der Waals surface area contributed by atoms with Crippen LogP contribution in [-0.2, 0) is 18.3 Å². The van der Waals surface area contributed by atoms with Crippen molar-refractivity contribution in [2.45, 2.75) is 25.2 Å². The van der Waals surface area contributed by atoms with E-state index in [-0.39, 0.29) is 17.6 Å². The predicted octanol–water partition coefficient (Wildman–Crippen LogP) is 1.82. The van der Waals surface area contributed by atoms with E-state index in [2.05, 4.69) is 10.2 Å². The summed E-state index contributed by atoms with van der Waals surface area (Å²) in [4.78, 5) is 12.3. The molecule has 6 nitrogen and oxygen atoms in total. The summed E-state index contributed by atoms with van der Waals surface area (Å²) in [6.07, 6.45) is -1.80. The highest BCUT2D eigenvalue weighted by molar-refractivity contribution is 5.41. The van der Waals surface area contributed by atoms with Crippen LogP contribution < -0.4 is 5.56 Å². The van der Waals surface area contributed by atoms with Gasteiger partial charge in [-0.05, 0) is 30.7 Å². The molecule has 1 N–H and O–H groups in total. The molecule has 2 aromatic heterocycles. The van der Waals surface area contributed by atoms with E-state index in [1.54, 1.807) is 0 Å². The van der Waals surface area contributed by atoms with Crippen molar-refractivity contribution < 1.29 is 18.3 Å². The maximum absolute atomic E-state index is 12.8. The average Bonchev–Trinajstić information content (AvgIpc) is 2.99. The number of halogens is 3. The summed E-state index contributed by atoms with van der Waals surface area (Å²) >= 11 is 0. The molecular formula is C15H13F3N4O2. The third-order valence-electron chi connectivity index (χ3n) is 3.69. The topological polar surface area (TPSA) is 72.4 Å². The second-order valence-electron chi connectivity index (χ2n) is 5.61. The van der Waals surface area contributed by atoms with Gasteiger partial charge in [-0.1, -0.05) is 12.1 Å². The first-order chi connectivity index (χ1) is 11.2. The van der Waals surface area contributed by atoms with Crippen molar-refractivity contribution in [3.05, 3.63) is 64.3 Å². The molecule has 126 valence electrons. The van der Waals surface area contributed by atoms with Gasteiger partial charge < -0.3 is 5.11 Å². The Kier molecular flexibility index (Phi) is 3.67. The van der Waals surface area contributed by atoms with Gasteiger partial charge in [-0.15, -0.1) is 0 Å². The van der Waals surface area contributed by atoms with E-state index in [0.717, 1.165) is 16.8 Å². The van der Waals surface area contributed by atoms with Crippen molar-refractivity contribution in [2.75, 3.05) is 0 Å². The Balaban J connectivity index is 1.98. The molecule has 0 saturated carbocycles. The number of hydrogen-bond acceptors (Lipinski definition) is 4. The van der Waals surface area contributed by atoms with Crippen LogP contribution in [0.3, 0.4) is 0 Å². The van der Waals surface area contributed by atoms with Crippen molar-refractivity contribution >= 4 is 5.52 Å². The van der Waals surface area contributed by atoms with Gasteiger partial charge >= 0.3 is 6.18 Å². The number of fused-ring (bicyclic) bond motifs is 1. The molecule has 0 bridgehead atoms. The van der Waals surface area contributed by atoms with Gasteiger partial charge in [-0.3, -0.25) is 4.79 Å². The molecule has 0 saturated heterocycles. The van der Waals surface area contributed by atoms with Crippen LogP contribution in [0.2, 0.25) is 0 Å². The van der Waals surface area contributed by atoms with Crippen LogP contribution in [0.15, 0.2) is 47.7 Å². The lowest BCUT2D eigenvalue weighted by Crippen LogP contribution is -2.35. The van der Waals surface area contributed by atoms with Crippen LogP contribution in [0.1, 0.15) is 18.1 Å². The zero-order chi connectivity index (χ0) is 17.5. The lowest BCUT2D eigenvalue weighted by molar-refractivity contribution is -0.137. The first kappa shape index (κ1) is 16.2. The van der Waals surface area contributed by atoms with Crippen LogP contribution in [0, 0.1) is 0 Å². The molecule has 1 aromatic carbocycles.